The third kappa shape index (κ3) is 18.1. The zero-order valence-corrected chi connectivity index (χ0v) is 28.3. The van der Waals surface area contributed by atoms with Crippen LogP contribution < -0.4 is 5.32 Å². The van der Waals surface area contributed by atoms with Crippen LogP contribution in [0.5, 0.6) is 0 Å². The number of likely N-dealkylation sites (tertiary alicyclic amines) is 1. The Bertz CT molecular complexity index is 988. The molecule has 1 N–H and O–H groups in total. The Balaban J connectivity index is 0. The quantitative estimate of drug-likeness (QED) is 0.131. The van der Waals surface area contributed by atoms with Crippen LogP contribution in [0.2, 0.25) is 0 Å². The molecule has 43 heavy (non-hydrogen) atoms. The van der Waals surface area contributed by atoms with E-state index in [-0.39, 0.29) is 11.3 Å². The van der Waals surface area contributed by atoms with Crippen LogP contribution in [0, 0.1) is 17.8 Å². The Kier molecular flexibility index (Phi) is 26.8. The van der Waals surface area contributed by atoms with Gasteiger partial charge in [-0.25, -0.2) is 4.39 Å². The molecule has 0 atom stereocenters. The van der Waals surface area contributed by atoms with E-state index in [0.717, 1.165) is 74.5 Å². The van der Waals surface area contributed by atoms with E-state index < -0.39 is 0 Å². The van der Waals surface area contributed by atoms with Crippen molar-refractivity contribution in [2.75, 3.05) is 39.4 Å². The Morgan fingerprint density at radius 3 is 2.23 bits per heavy atom. The molecule has 5 nitrogen and oxygen atoms in total. The SMILES string of the molecule is C#CC.C/C=C\C=C/CC.C=CC(=C\C=C\F)/C(C(=C\CCN1CCC2(CC1)CNC(=O)C2)/OCC)=C(/C)OCC.CC. The highest BCUT2D eigenvalue weighted by atomic mass is 19.1. The second-order valence-electron chi connectivity index (χ2n) is 9.74. The van der Waals surface area contributed by atoms with Crippen molar-refractivity contribution in [3.05, 3.63) is 84.2 Å². The second-order valence-corrected chi connectivity index (χ2v) is 9.74. The molecule has 2 rings (SSSR count). The van der Waals surface area contributed by atoms with Gasteiger partial charge in [0, 0.05) is 19.5 Å². The molecule has 2 heterocycles. The number of carbonyl (C=O) groups is 1. The summed E-state index contributed by atoms with van der Waals surface area (Å²) in [5, 5.41) is 2.99. The normalized spacial score (nSPS) is 17.2. The van der Waals surface area contributed by atoms with Crippen molar-refractivity contribution in [2.45, 2.75) is 87.5 Å². The fourth-order valence-corrected chi connectivity index (χ4v) is 4.65. The lowest BCUT2D eigenvalue weighted by molar-refractivity contribution is -0.119. The van der Waals surface area contributed by atoms with Crippen molar-refractivity contribution in [3.63, 3.8) is 0 Å². The minimum absolute atomic E-state index is 0.165. The molecule has 0 aromatic heterocycles. The largest absolute Gasteiger partial charge is 0.498 e. The summed E-state index contributed by atoms with van der Waals surface area (Å²) in [5.41, 5.74) is 1.71. The van der Waals surface area contributed by atoms with Gasteiger partial charge in [0.25, 0.3) is 0 Å². The molecule has 2 aliphatic heterocycles. The van der Waals surface area contributed by atoms with E-state index in [2.05, 4.69) is 54.3 Å². The summed E-state index contributed by atoms with van der Waals surface area (Å²) in [7, 11) is 0. The lowest BCUT2D eigenvalue weighted by atomic mass is 9.77. The molecule has 2 fully saturated rings. The summed E-state index contributed by atoms with van der Waals surface area (Å²) in [5.74, 6) is 3.89. The average Bonchev–Trinajstić information content (AvgIpc) is 3.37. The number of ether oxygens (including phenoxy) is 2. The van der Waals surface area contributed by atoms with E-state index in [0.29, 0.717) is 26.0 Å². The number of amides is 1. The van der Waals surface area contributed by atoms with E-state index in [9.17, 15) is 9.18 Å². The number of hydrogen-bond acceptors (Lipinski definition) is 4. The first-order valence-electron chi connectivity index (χ1n) is 15.7. The van der Waals surface area contributed by atoms with E-state index in [1.807, 2.05) is 53.7 Å². The summed E-state index contributed by atoms with van der Waals surface area (Å²) >= 11 is 0. The summed E-state index contributed by atoms with van der Waals surface area (Å²) in [6, 6.07) is 0. The molecule has 0 bridgehead atoms. The minimum Gasteiger partial charge on any atom is -0.498 e. The number of piperidine rings is 1. The highest BCUT2D eigenvalue weighted by Crippen LogP contribution is 2.37. The lowest BCUT2D eigenvalue weighted by Crippen LogP contribution is -2.41. The fourth-order valence-electron chi connectivity index (χ4n) is 4.65. The summed E-state index contributed by atoms with van der Waals surface area (Å²) in [4.78, 5) is 14.1. The third-order valence-corrected chi connectivity index (χ3v) is 6.68. The van der Waals surface area contributed by atoms with Crippen LogP contribution in [0.25, 0.3) is 0 Å². The molecule has 0 aromatic carbocycles. The van der Waals surface area contributed by atoms with E-state index in [1.165, 1.54) is 6.08 Å². The smallest absolute Gasteiger partial charge is 0.220 e. The van der Waals surface area contributed by atoms with Gasteiger partial charge in [-0.15, -0.1) is 12.3 Å². The topological polar surface area (TPSA) is 50.8 Å². The lowest BCUT2D eigenvalue weighted by Gasteiger charge is -2.38. The number of rotatable bonds is 13. The van der Waals surface area contributed by atoms with Gasteiger partial charge in [0.15, 0.2) is 0 Å². The molecule has 1 amide bonds. The Morgan fingerprint density at radius 1 is 1.14 bits per heavy atom. The summed E-state index contributed by atoms with van der Waals surface area (Å²) < 4.78 is 24.3. The molecule has 0 saturated carbocycles. The van der Waals surface area contributed by atoms with Crippen molar-refractivity contribution >= 4 is 5.91 Å². The first kappa shape index (κ1) is 41.8. The van der Waals surface area contributed by atoms with Gasteiger partial charge >= 0.3 is 0 Å². The van der Waals surface area contributed by atoms with Gasteiger partial charge in [0.2, 0.25) is 5.91 Å². The Morgan fingerprint density at radius 2 is 1.77 bits per heavy atom. The van der Waals surface area contributed by atoms with Crippen LogP contribution in [-0.2, 0) is 14.3 Å². The zero-order valence-electron chi connectivity index (χ0n) is 28.3. The number of terminal acetylenes is 1. The molecule has 0 radical (unpaired) electrons. The van der Waals surface area contributed by atoms with Crippen molar-refractivity contribution in [1.29, 1.82) is 0 Å². The number of nitrogens with zero attached hydrogens (tertiary/aromatic N) is 1. The predicted molar refractivity (Wildman–Crippen MR) is 183 cm³/mol. The third-order valence-electron chi connectivity index (χ3n) is 6.68. The maximum atomic E-state index is 12.6. The van der Waals surface area contributed by atoms with Gasteiger partial charge in [-0.3, -0.25) is 4.79 Å². The molecule has 2 saturated heterocycles. The van der Waals surface area contributed by atoms with Crippen molar-refractivity contribution < 1.29 is 18.7 Å². The molecular weight excluding hydrogens is 539 g/mol. The van der Waals surface area contributed by atoms with Gasteiger partial charge in [-0.2, -0.15) is 0 Å². The standard InChI is InChI=1S/C25H37FN2O3.C7H12.C3H4.C2H6/c1-5-21(10-8-14-26)24(20(4)30-6-2)22(31-7-3)11-9-15-28-16-12-25(13-17-28)18-23(29)27-19-25;1-3-5-7-6-4-2;1-3-2;1-2/h5,8,10-11,14H,1,6-7,9,12-13,15-19H2,2-4H3,(H,27,29);3,5-7H,4H2,1-2H3;1H,2H3;1-2H3/b14-8+,21-10+,22-11+,24-20+;5-3-,7-6-;;. The number of allylic oxidation sites excluding steroid dienone is 9. The van der Waals surface area contributed by atoms with E-state index >= 15 is 0 Å². The van der Waals surface area contributed by atoms with Crippen molar-refractivity contribution in [2.24, 2.45) is 5.41 Å². The van der Waals surface area contributed by atoms with Crippen LogP contribution in [0.3, 0.4) is 0 Å². The molecule has 1 spiro atoms. The van der Waals surface area contributed by atoms with E-state index in [4.69, 9.17) is 9.47 Å². The number of halogens is 1. The van der Waals surface area contributed by atoms with Gasteiger partial charge in [0.05, 0.1) is 25.1 Å². The molecule has 6 heteroatoms. The van der Waals surface area contributed by atoms with E-state index in [1.54, 1.807) is 19.1 Å². The summed E-state index contributed by atoms with van der Waals surface area (Å²) in [6.45, 7) is 24.3. The molecule has 2 aliphatic rings. The predicted octanol–water partition coefficient (Wildman–Crippen LogP) is 9.00. The van der Waals surface area contributed by atoms with Crippen molar-refractivity contribution in [3.8, 4) is 12.3 Å². The molecular formula is C37H59FN2O3. The number of carbonyl (C=O) groups excluding carboxylic acids is 1. The van der Waals surface area contributed by atoms with Crippen LogP contribution in [0.1, 0.15) is 87.5 Å². The number of nitrogens with one attached hydrogen (secondary N) is 1. The van der Waals surface area contributed by atoms with Crippen LogP contribution in [0.4, 0.5) is 4.39 Å². The monoisotopic (exact) mass is 598 g/mol. The first-order valence-corrected chi connectivity index (χ1v) is 15.7. The van der Waals surface area contributed by atoms with Gasteiger partial charge in [0.1, 0.15) is 11.5 Å². The second kappa shape index (κ2) is 27.5. The maximum Gasteiger partial charge on any atom is 0.220 e. The molecule has 242 valence electrons. The fraction of sp³-hybridized carbons (Fsp3) is 0.541. The molecule has 0 aromatic rings. The van der Waals surface area contributed by atoms with Crippen LogP contribution in [0.15, 0.2) is 84.2 Å². The first-order chi connectivity index (χ1) is 20.8. The van der Waals surface area contributed by atoms with Gasteiger partial charge in [-0.05, 0) is 96.5 Å². The Labute approximate surface area is 263 Å². The maximum absolute atomic E-state index is 12.6. The highest BCUT2D eigenvalue weighted by molar-refractivity contribution is 5.79. The van der Waals surface area contributed by atoms with Crippen molar-refractivity contribution in [1.82, 2.24) is 10.2 Å². The molecule has 0 aliphatic carbocycles. The minimum atomic E-state index is 0.165. The highest BCUT2D eigenvalue weighted by Gasteiger charge is 2.40. The van der Waals surface area contributed by atoms with Crippen LogP contribution in [-0.4, -0.2) is 50.2 Å². The number of hydrogen-bond donors (Lipinski definition) is 1. The Hall–Kier alpha value is -3.30. The van der Waals surface area contributed by atoms with Gasteiger partial charge in [-0.1, -0.05) is 63.8 Å². The molecule has 0 unspecified atom stereocenters. The van der Waals surface area contributed by atoms with Gasteiger partial charge < -0.3 is 19.7 Å². The van der Waals surface area contributed by atoms with Crippen LogP contribution >= 0.6 is 0 Å². The summed E-state index contributed by atoms with van der Waals surface area (Å²) in [6.07, 6.45) is 24.8. The zero-order chi connectivity index (χ0) is 32.9. The average molecular weight is 599 g/mol.